The highest BCUT2D eigenvalue weighted by Gasteiger charge is 2.16. The Morgan fingerprint density at radius 2 is 1.54 bits per heavy atom. The van der Waals surface area contributed by atoms with Gasteiger partial charge in [0.15, 0.2) is 0 Å². The molecule has 1 rings (SSSR count). The lowest BCUT2D eigenvalue weighted by molar-refractivity contribution is 0.399. The van der Waals surface area contributed by atoms with E-state index >= 15 is 0 Å². The second-order valence-electron chi connectivity index (χ2n) is 4.33. The molecule has 0 aromatic rings. The van der Waals surface area contributed by atoms with Crippen LogP contribution in [0.5, 0.6) is 0 Å². The van der Waals surface area contributed by atoms with Crippen LogP contribution in [0.1, 0.15) is 65.7 Å². The summed E-state index contributed by atoms with van der Waals surface area (Å²) >= 11 is 0. The Morgan fingerprint density at radius 1 is 1.00 bits per heavy atom. The third-order valence-electron chi connectivity index (χ3n) is 3.63. The molecule has 1 aliphatic carbocycles. The van der Waals surface area contributed by atoms with Crippen molar-refractivity contribution in [2.24, 2.45) is 5.92 Å². The van der Waals surface area contributed by atoms with E-state index in [4.69, 9.17) is 0 Å². The van der Waals surface area contributed by atoms with Crippen LogP contribution in [0.3, 0.4) is 0 Å². The fourth-order valence-electron chi connectivity index (χ4n) is 2.63. The fourth-order valence-corrected chi connectivity index (χ4v) is 2.63. The van der Waals surface area contributed by atoms with Crippen molar-refractivity contribution in [3.8, 4) is 0 Å². The van der Waals surface area contributed by atoms with Gasteiger partial charge in [-0.15, -0.1) is 0 Å². The van der Waals surface area contributed by atoms with Gasteiger partial charge in [-0.3, -0.25) is 0 Å². The number of hydrogen-bond donors (Lipinski definition) is 0. The van der Waals surface area contributed by atoms with Crippen LogP contribution < -0.4 is 0 Å². The van der Waals surface area contributed by atoms with Crippen LogP contribution in [0.2, 0.25) is 0 Å². The lowest BCUT2D eigenvalue weighted by atomic mass is 9.81. The van der Waals surface area contributed by atoms with Gasteiger partial charge in [0.1, 0.15) is 0 Å². The first-order valence-corrected chi connectivity index (χ1v) is 5.98. The lowest BCUT2D eigenvalue weighted by Gasteiger charge is -2.24. The first-order chi connectivity index (χ1) is 6.29. The maximum absolute atomic E-state index is 2.37. The zero-order valence-corrected chi connectivity index (χ0v) is 9.53. The predicted octanol–water partition coefficient (Wildman–Crippen LogP) is 4.70. The van der Waals surface area contributed by atoms with E-state index in [-0.39, 0.29) is 0 Å². The molecule has 0 bridgehead atoms. The van der Waals surface area contributed by atoms with Crippen LogP contribution in [0.4, 0.5) is 0 Å². The molecule has 0 saturated heterocycles. The maximum Gasteiger partial charge on any atom is -0.0203 e. The Bertz CT molecular complexity index is 164. The third kappa shape index (κ3) is 2.86. The lowest BCUT2D eigenvalue weighted by Crippen LogP contribution is -2.09. The van der Waals surface area contributed by atoms with Crippen LogP contribution in [-0.4, -0.2) is 0 Å². The zero-order valence-electron chi connectivity index (χ0n) is 9.53. The van der Waals surface area contributed by atoms with E-state index < -0.39 is 0 Å². The van der Waals surface area contributed by atoms with Gasteiger partial charge in [-0.1, -0.05) is 44.3 Å². The van der Waals surface area contributed by atoms with E-state index in [1.54, 1.807) is 11.1 Å². The molecule has 0 heteroatoms. The van der Waals surface area contributed by atoms with Crippen molar-refractivity contribution in [1.29, 1.82) is 0 Å². The summed E-state index contributed by atoms with van der Waals surface area (Å²) in [6, 6.07) is 0. The zero-order chi connectivity index (χ0) is 9.68. The average molecular weight is 180 g/mol. The van der Waals surface area contributed by atoms with Crippen molar-refractivity contribution in [3.63, 3.8) is 0 Å². The molecule has 0 spiro atoms. The summed E-state index contributed by atoms with van der Waals surface area (Å²) in [5.74, 6) is 0.934. The summed E-state index contributed by atoms with van der Waals surface area (Å²) in [6.45, 7) is 6.97. The van der Waals surface area contributed by atoms with Gasteiger partial charge in [0, 0.05) is 0 Å². The Balaban J connectivity index is 2.61. The van der Waals surface area contributed by atoms with Crippen LogP contribution in [0.15, 0.2) is 11.1 Å². The van der Waals surface area contributed by atoms with Crippen molar-refractivity contribution in [2.75, 3.05) is 0 Å². The quantitative estimate of drug-likeness (QED) is 0.552. The van der Waals surface area contributed by atoms with Gasteiger partial charge in [-0.25, -0.2) is 0 Å². The highest BCUT2D eigenvalue weighted by Crippen LogP contribution is 2.32. The van der Waals surface area contributed by atoms with Crippen LogP contribution in [0, 0.1) is 5.92 Å². The van der Waals surface area contributed by atoms with E-state index in [0.29, 0.717) is 0 Å². The second-order valence-corrected chi connectivity index (χ2v) is 4.33. The Hall–Kier alpha value is -0.260. The average Bonchev–Trinajstić information content (AvgIpc) is 2.21. The molecular weight excluding hydrogens is 156 g/mol. The van der Waals surface area contributed by atoms with Gasteiger partial charge < -0.3 is 0 Å². The van der Waals surface area contributed by atoms with E-state index in [0.717, 1.165) is 5.92 Å². The normalized spacial score (nSPS) is 18.7. The highest BCUT2D eigenvalue weighted by molar-refractivity contribution is 5.14. The Kier molecular flexibility index (Phi) is 4.55. The van der Waals surface area contributed by atoms with Crippen molar-refractivity contribution >= 4 is 0 Å². The second kappa shape index (κ2) is 5.47. The van der Waals surface area contributed by atoms with Gasteiger partial charge in [-0.2, -0.15) is 0 Å². The molecule has 13 heavy (non-hydrogen) atoms. The fraction of sp³-hybridized carbons (Fsp3) is 0.846. The van der Waals surface area contributed by atoms with E-state index in [1.165, 1.54) is 44.9 Å². The first-order valence-electron chi connectivity index (χ1n) is 5.98. The Morgan fingerprint density at radius 3 is 2.00 bits per heavy atom. The minimum Gasteiger partial charge on any atom is -0.0716 e. The molecule has 0 unspecified atom stereocenters. The summed E-state index contributed by atoms with van der Waals surface area (Å²) in [6.07, 6.45) is 9.82. The molecule has 0 aromatic carbocycles. The molecule has 0 atom stereocenters. The van der Waals surface area contributed by atoms with Crippen LogP contribution >= 0.6 is 0 Å². The SMILES string of the molecule is CCC(CC)=C(C)C1CCCCC1. The summed E-state index contributed by atoms with van der Waals surface area (Å²) < 4.78 is 0. The van der Waals surface area contributed by atoms with E-state index in [9.17, 15) is 0 Å². The molecule has 0 nitrogen and oxygen atoms in total. The molecule has 0 radical (unpaired) electrons. The molecule has 0 amide bonds. The molecule has 1 fully saturated rings. The summed E-state index contributed by atoms with van der Waals surface area (Å²) in [4.78, 5) is 0. The Labute approximate surface area is 83.4 Å². The summed E-state index contributed by atoms with van der Waals surface area (Å²) in [5.41, 5.74) is 3.44. The molecule has 0 aliphatic heterocycles. The largest absolute Gasteiger partial charge is 0.0716 e. The molecule has 1 saturated carbocycles. The van der Waals surface area contributed by atoms with Crippen LogP contribution in [0.25, 0.3) is 0 Å². The maximum atomic E-state index is 2.37. The van der Waals surface area contributed by atoms with Gasteiger partial charge >= 0.3 is 0 Å². The minimum absolute atomic E-state index is 0.934. The third-order valence-corrected chi connectivity index (χ3v) is 3.63. The van der Waals surface area contributed by atoms with Gasteiger partial charge in [0.25, 0.3) is 0 Å². The minimum atomic E-state index is 0.934. The van der Waals surface area contributed by atoms with Gasteiger partial charge in [0.05, 0.1) is 0 Å². The van der Waals surface area contributed by atoms with E-state index in [2.05, 4.69) is 20.8 Å². The number of hydrogen-bond acceptors (Lipinski definition) is 0. The standard InChI is InChI=1S/C13H24/c1-4-12(5-2)11(3)13-9-7-6-8-10-13/h13H,4-10H2,1-3H3. The predicted molar refractivity (Wildman–Crippen MR) is 59.9 cm³/mol. The van der Waals surface area contributed by atoms with Crippen LogP contribution in [-0.2, 0) is 0 Å². The smallest absolute Gasteiger partial charge is 0.0203 e. The molecular formula is C13H24. The van der Waals surface area contributed by atoms with Gasteiger partial charge in [-0.05, 0) is 38.5 Å². The number of rotatable bonds is 3. The van der Waals surface area contributed by atoms with Crippen molar-refractivity contribution in [2.45, 2.75) is 65.7 Å². The van der Waals surface area contributed by atoms with Gasteiger partial charge in [0.2, 0.25) is 0 Å². The topological polar surface area (TPSA) is 0 Å². The summed E-state index contributed by atoms with van der Waals surface area (Å²) in [5, 5.41) is 0. The summed E-state index contributed by atoms with van der Waals surface area (Å²) in [7, 11) is 0. The number of allylic oxidation sites excluding steroid dienone is 2. The van der Waals surface area contributed by atoms with E-state index in [1.807, 2.05) is 0 Å². The van der Waals surface area contributed by atoms with Crippen molar-refractivity contribution < 1.29 is 0 Å². The first kappa shape index (κ1) is 10.8. The molecule has 0 heterocycles. The van der Waals surface area contributed by atoms with Crippen molar-refractivity contribution in [3.05, 3.63) is 11.1 Å². The highest BCUT2D eigenvalue weighted by atomic mass is 14.2. The monoisotopic (exact) mass is 180 g/mol. The molecule has 0 N–H and O–H groups in total. The molecule has 1 aliphatic rings. The molecule has 0 aromatic heterocycles. The van der Waals surface area contributed by atoms with Crippen molar-refractivity contribution in [1.82, 2.24) is 0 Å². The molecule has 76 valence electrons.